The summed E-state index contributed by atoms with van der Waals surface area (Å²) in [6.07, 6.45) is 4.40. The van der Waals surface area contributed by atoms with Gasteiger partial charge in [0.15, 0.2) is 0 Å². The average molecular weight is 348 g/mol. The molecule has 25 heavy (non-hydrogen) atoms. The number of rotatable bonds is 6. The number of ether oxygens (including phenoxy) is 2. The van der Waals surface area contributed by atoms with Crippen molar-refractivity contribution >= 4 is 17.3 Å². The third kappa shape index (κ3) is 5.28. The van der Waals surface area contributed by atoms with E-state index in [1.165, 1.54) is 13.5 Å². The molecule has 1 aromatic rings. The molecule has 5 nitrogen and oxygen atoms in total. The largest absolute Gasteiger partial charge is 0.496 e. The highest BCUT2D eigenvalue weighted by atomic mass is 16.5. The molecule has 0 spiro atoms. The van der Waals surface area contributed by atoms with Gasteiger partial charge >= 0.3 is 5.97 Å². The molecular weight excluding hydrogens is 316 g/mol. The number of methoxy groups -OCH3 is 2. The van der Waals surface area contributed by atoms with Crippen molar-refractivity contribution in [1.29, 1.82) is 0 Å². The first-order chi connectivity index (χ1) is 11.7. The van der Waals surface area contributed by atoms with Crippen LogP contribution in [0.4, 0.5) is 11.4 Å². The van der Waals surface area contributed by atoms with Crippen LogP contribution in [0.5, 0.6) is 5.75 Å². The first kappa shape index (κ1) is 19.4. The molecule has 0 unspecified atom stereocenters. The van der Waals surface area contributed by atoms with Crippen molar-refractivity contribution < 1.29 is 14.3 Å². The van der Waals surface area contributed by atoms with Gasteiger partial charge < -0.3 is 20.5 Å². The first-order valence-corrected chi connectivity index (χ1v) is 9.04. The Balaban J connectivity index is 2.14. The van der Waals surface area contributed by atoms with E-state index in [0.717, 1.165) is 29.8 Å². The number of aryl methyl sites for hydroxylation is 1. The van der Waals surface area contributed by atoms with Crippen LogP contribution in [0.3, 0.4) is 0 Å². The molecule has 0 bridgehead atoms. The summed E-state index contributed by atoms with van der Waals surface area (Å²) in [5.74, 6) is 1.22. The SMILES string of the molecule is COC(=O)CCc1cc(N)c(N[C@H]2C[C@@H](C)CC(C)(C)C2)cc1OC. The molecule has 0 amide bonds. The zero-order chi connectivity index (χ0) is 18.6. The number of anilines is 2. The van der Waals surface area contributed by atoms with Gasteiger partial charge in [0.25, 0.3) is 0 Å². The average Bonchev–Trinajstić information content (AvgIpc) is 2.52. The second-order valence-electron chi connectivity index (χ2n) is 8.08. The third-order valence-electron chi connectivity index (χ3n) is 5.03. The smallest absolute Gasteiger partial charge is 0.305 e. The van der Waals surface area contributed by atoms with Gasteiger partial charge in [-0.25, -0.2) is 0 Å². The van der Waals surface area contributed by atoms with E-state index in [0.29, 0.717) is 35.9 Å². The lowest BCUT2D eigenvalue weighted by atomic mass is 9.70. The molecule has 2 rings (SSSR count). The lowest BCUT2D eigenvalue weighted by molar-refractivity contribution is -0.140. The van der Waals surface area contributed by atoms with Gasteiger partial charge in [-0.1, -0.05) is 20.8 Å². The molecule has 0 aromatic heterocycles. The molecule has 1 aromatic carbocycles. The van der Waals surface area contributed by atoms with Crippen molar-refractivity contribution in [2.24, 2.45) is 11.3 Å². The van der Waals surface area contributed by atoms with Gasteiger partial charge in [0, 0.05) is 18.5 Å². The Bertz CT molecular complexity index is 613. The first-order valence-electron chi connectivity index (χ1n) is 9.04. The molecular formula is C20H32N2O3. The highest BCUT2D eigenvalue weighted by molar-refractivity contribution is 5.72. The predicted octanol–water partition coefficient (Wildman–Crippen LogP) is 4.01. The van der Waals surface area contributed by atoms with E-state index in [1.807, 2.05) is 12.1 Å². The number of nitrogens with one attached hydrogen (secondary N) is 1. The number of carbonyl (C=O) groups is 1. The van der Waals surface area contributed by atoms with E-state index in [2.05, 4.69) is 26.1 Å². The Morgan fingerprint density at radius 1 is 1.32 bits per heavy atom. The number of hydrogen-bond acceptors (Lipinski definition) is 5. The summed E-state index contributed by atoms with van der Waals surface area (Å²) in [4.78, 5) is 11.4. The summed E-state index contributed by atoms with van der Waals surface area (Å²) in [5.41, 5.74) is 9.14. The molecule has 0 radical (unpaired) electrons. The lowest BCUT2D eigenvalue weighted by Gasteiger charge is -2.39. The van der Waals surface area contributed by atoms with Gasteiger partial charge in [-0.2, -0.15) is 0 Å². The van der Waals surface area contributed by atoms with Crippen molar-refractivity contribution in [3.05, 3.63) is 17.7 Å². The van der Waals surface area contributed by atoms with Crippen molar-refractivity contribution in [1.82, 2.24) is 0 Å². The Morgan fingerprint density at radius 3 is 2.64 bits per heavy atom. The number of carbonyl (C=O) groups excluding carboxylic acids is 1. The van der Waals surface area contributed by atoms with E-state index in [4.69, 9.17) is 15.2 Å². The zero-order valence-corrected chi connectivity index (χ0v) is 16.1. The van der Waals surface area contributed by atoms with E-state index in [-0.39, 0.29) is 5.97 Å². The minimum Gasteiger partial charge on any atom is -0.496 e. The van der Waals surface area contributed by atoms with Crippen LogP contribution in [0.1, 0.15) is 52.0 Å². The molecule has 2 atom stereocenters. The maximum atomic E-state index is 11.4. The van der Waals surface area contributed by atoms with Gasteiger partial charge in [-0.05, 0) is 48.6 Å². The Labute approximate surface area is 151 Å². The van der Waals surface area contributed by atoms with Crippen LogP contribution in [0.25, 0.3) is 0 Å². The van der Waals surface area contributed by atoms with Gasteiger partial charge in [0.05, 0.1) is 25.6 Å². The molecule has 140 valence electrons. The molecule has 1 fully saturated rings. The topological polar surface area (TPSA) is 73.6 Å². The second kappa shape index (κ2) is 7.98. The fourth-order valence-corrected chi connectivity index (χ4v) is 4.17. The minimum absolute atomic E-state index is 0.235. The fourth-order valence-electron chi connectivity index (χ4n) is 4.17. The van der Waals surface area contributed by atoms with Crippen LogP contribution < -0.4 is 15.8 Å². The minimum atomic E-state index is -0.235. The summed E-state index contributed by atoms with van der Waals surface area (Å²) in [6.45, 7) is 6.98. The molecule has 5 heteroatoms. The zero-order valence-electron chi connectivity index (χ0n) is 16.1. The lowest BCUT2D eigenvalue weighted by Crippen LogP contribution is -2.35. The van der Waals surface area contributed by atoms with Crippen LogP contribution in [0, 0.1) is 11.3 Å². The maximum Gasteiger partial charge on any atom is 0.305 e. The van der Waals surface area contributed by atoms with Gasteiger partial charge in [0.1, 0.15) is 5.75 Å². The quantitative estimate of drug-likeness (QED) is 0.600. The van der Waals surface area contributed by atoms with E-state index in [1.54, 1.807) is 7.11 Å². The molecule has 1 saturated carbocycles. The molecule has 0 aliphatic heterocycles. The van der Waals surface area contributed by atoms with Crippen molar-refractivity contribution in [3.63, 3.8) is 0 Å². The number of nitrogen functional groups attached to an aromatic ring is 1. The Morgan fingerprint density at radius 2 is 2.04 bits per heavy atom. The number of nitrogens with two attached hydrogens (primary N) is 1. The maximum absolute atomic E-state index is 11.4. The molecule has 0 saturated heterocycles. The molecule has 0 heterocycles. The summed E-state index contributed by atoms with van der Waals surface area (Å²) < 4.78 is 10.2. The summed E-state index contributed by atoms with van der Waals surface area (Å²) >= 11 is 0. The van der Waals surface area contributed by atoms with Crippen molar-refractivity contribution in [2.75, 3.05) is 25.3 Å². The van der Waals surface area contributed by atoms with Gasteiger partial charge in [-0.15, -0.1) is 0 Å². The Kier molecular flexibility index (Phi) is 6.20. The van der Waals surface area contributed by atoms with Crippen LogP contribution in [0.15, 0.2) is 12.1 Å². The van der Waals surface area contributed by atoms with Crippen LogP contribution in [-0.2, 0) is 16.0 Å². The van der Waals surface area contributed by atoms with Crippen molar-refractivity contribution in [2.45, 2.75) is 58.9 Å². The summed E-state index contributed by atoms with van der Waals surface area (Å²) in [5, 5.41) is 3.62. The molecule has 3 N–H and O–H groups in total. The van der Waals surface area contributed by atoms with Crippen molar-refractivity contribution in [3.8, 4) is 5.75 Å². The summed E-state index contributed by atoms with van der Waals surface area (Å²) in [6, 6.07) is 4.27. The summed E-state index contributed by atoms with van der Waals surface area (Å²) in [7, 11) is 3.04. The number of hydrogen-bond donors (Lipinski definition) is 2. The van der Waals surface area contributed by atoms with E-state index < -0.39 is 0 Å². The number of benzene rings is 1. The normalized spacial score (nSPS) is 22.3. The van der Waals surface area contributed by atoms with Gasteiger partial charge in [0.2, 0.25) is 0 Å². The highest BCUT2D eigenvalue weighted by Crippen LogP contribution is 2.40. The van der Waals surface area contributed by atoms with E-state index in [9.17, 15) is 4.79 Å². The molecule has 1 aliphatic rings. The fraction of sp³-hybridized carbons (Fsp3) is 0.650. The Hall–Kier alpha value is -1.91. The monoisotopic (exact) mass is 348 g/mol. The van der Waals surface area contributed by atoms with E-state index >= 15 is 0 Å². The number of esters is 1. The second-order valence-corrected chi connectivity index (χ2v) is 8.08. The van der Waals surface area contributed by atoms with Crippen LogP contribution in [0.2, 0.25) is 0 Å². The van der Waals surface area contributed by atoms with Crippen LogP contribution >= 0.6 is 0 Å². The van der Waals surface area contributed by atoms with Crippen LogP contribution in [-0.4, -0.2) is 26.2 Å². The predicted molar refractivity (Wildman–Crippen MR) is 102 cm³/mol. The third-order valence-corrected chi connectivity index (χ3v) is 5.03. The highest BCUT2D eigenvalue weighted by Gasteiger charge is 2.32. The standard InChI is InChI=1S/C20H32N2O3/c1-13-8-15(12-20(2,3)11-13)22-17-10-18(24-4)14(9-16(17)21)6-7-19(23)25-5/h9-10,13,15,22H,6-8,11-12,21H2,1-5H3/t13-,15+/m1/s1. The van der Waals surface area contributed by atoms with Gasteiger partial charge in [-0.3, -0.25) is 4.79 Å². The molecule has 1 aliphatic carbocycles.